The zero-order chi connectivity index (χ0) is 23.5. The minimum Gasteiger partial charge on any atom is -0.346 e. The van der Waals surface area contributed by atoms with Crippen molar-refractivity contribution in [3.05, 3.63) is 95.1 Å². The van der Waals surface area contributed by atoms with Gasteiger partial charge in [0.1, 0.15) is 0 Å². The fourth-order valence-corrected chi connectivity index (χ4v) is 4.45. The molecule has 0 aliphatic heterocycles. The van der Waals surface area contributed by atoms with Crippen molar-refractivity contribution < 1.29 is 13.2 Å². The number of rotatable bonds is 6. The van der Waals surface area contributed by atoms with Crippen LogP contribution in [0.2, 0.25) is 0 Å². The van der Waals surface area contributed by atoms with Crippen LogP contribution in [0, 0.1) is 6.92 Å². The Balaban J connectivity index is 1.76. The van der Waals surface area contributed by atoms with E-state index in [4.69, 9.17) is 0 Å². The van der Waals surface area contributed by atoms with Gasteiger partial charge in [0, 0.05) is 5.56 Å². The number of hydrogen-bond acceptors (Lipinski definition) is 3. The van der Waals surface area contributed by atoms with Crippen molar-refractivity contribution in [1.29, 1.82) is 0 Å². The van der Waals surface area contributed by atoms with E-state index in [2.05, 4.69) is 42.9 Å². The molecule has 0 aromatic heterocycles. The molecular weight excluding hydrogens is 420 g/mol. The minimum absolute atomic E-state index is 0.0659. The van der Waals surface area contributed by atoms with Crippen LogP contribution in [0.25, 0.3) is 0 Å². The molecule has 0 aliphatic carbocycles. The first kappa shape index (κ1) is 23.5. The molecule has 0 saturated carbocycles. The maximum atomic E-state index is 12.9. The van der Waals surface area contributed by atoms with Crippen molar-refractivity contribution in [2.75, 3.05) is 4.72 Å². The summed E-state index contributed by atoms with van der Waals surface area (Å²) < 4.78 is 28.0. The Kier molecular flexibility index (Phi) is 6.74. The predicted octanol–water partition coefficient (Wildman–Crippen LogP) is 5.58. The maximum absolute atomic E-state index is 12.9. The SMILES string of the molecule is Cc1ccc(C(=O)N[C@H](C)c2ccc(C(C)(C)C)cc2)cc1NS(=O)(=O)c1ccccc1. The summed E-state index contributed by atoms with van der Waals surface area (Å²) in [4.78, 5) is 13.0. The van der Waals surface area contributed by atoms with Gasteiger partial charge >= 0.3 is 0 Å². The molecule has 2 N–H and O–H groups in total. The highest BCUT2D eigenvalue weighted by Gasteiger charge is 2.18. The third-order valence-electron chi connectivity index (χ3n) is 5.42. The van der Waals surface area contributed by atoms with Crippen LogP contribution in [0.5, 0.6) is 0 Å². The molecule has 3 aromatic carbocycles. The molecule has 3 rings (SSSR count). The van der Waals surface area contributed by atoms with Crippen LogP contribution in [-0.4, -0.2) is 14.3 Å². The van der Waals surface area contributed by atoms with E-state index >= 15 is 0 Å². The van der Waals surface area contributed by atoms with Gasteiger partial charge in [-0.2, -0.15) is 0 Å². The zero-order valence-corrected chi connectivity index (χ0v) is 20.0. The fourth-order valence-electron chi connectivity index (χ4n) is 3.31. The van der Waals surface area contributed by atoms with E-state index in [0.717, 1.165) is 11.1 Å². The third-order valence-corrected chi connectivity index (χ3v) is 6.80. The highest BCUT2D eigenvalue weighted by molar-refractivity contribution is 7.92. The molecule has 0 aliphatic rings. The second kappa shape index (κ2) is 9.17. The molecule has 1 atom stereocenters. The van der Waals surface area contributed by atoms with Crippen LogP contribution in [0.1, 0.15) is 60.8 Å². The van der Waals surface area contributed by atoms with Gasteiger partial charge in [0.2, 0.25) is 0 Å². The Labute approximate surface area is 190 Å². The van der Waals surface area contributed by atoms with Crippen LogP contribution >= 0.6 is 0 Å². The number of carbonyl (C=O) groups excluding carboxylic acids is 1. The summed E-state index contributed by atoms with van der Waals surface area (Å²) >= 11 is 0. The van der Waals surface area contributed by atoms with Crippen molar-refractivity contribution in [2.24, 2.45) is 0 Å². The number of sulfonamides is 1. The molecule has 0 saturated heterocycles. The van der Waals surface area contributed by atoms with Crippen LogP contribution in [0.3, 0.4) is 0 Å². The van der Waals surface area contributed by atoms with Crippen molar-refractivity contribution >= 4 is 21.6 Å². The molecule has 3 aromatic rings. The lowest BCUT2D eigenvalue weighted by molar-refractivity contribution is 0.0940. The zero-order valence-electron chi connectivity index (χ0n) is 19.1. The lowest BCUT2D eigenvalue weighted by atomic mass is 9.86. The molecule has 0 unspecified atom stereocenters. The fraction of sp³-hybridized carbons (Fsp3) is 0.269. The van der Waals surface area contributed by atoms with E-state index in [1.54, 1.807) is 43.3 Å². The topological polar surface area (TPSA) is 75.3 Å². The molecule has 168 valence electrons. The second-order valence-corrected chi connectivity index (χ2v) is 10.7. The quantitative estimate of drug-likeness (QED) is 0.514. The molecular formula is C26H30N2O3S. The monoisotopic (exact) mass is 450 g/mol. The van der Waals surface area contributed by atoms with Gasteiger partial charge in [0.15, 0.2) is 0 Å². The molecule has 0 fully saturated rings. The van der Waals surface area contributed by atoms with E-state index in [1.807, 2.05) is 19.1 Å². The molecule has 6 heteroatoms. The van der Waals surface area contributed by atoms with E-state index in [0.29, 0.717) is 11.3 Å². The number of nitrogens with one attached hydrogen (secondary N) is 2. The van der Waals surface area contributed by atoms with E-state index in [1.165, 1.54) is 17.7 Å². The van der Waals surface area contributed by atoms with Crippen molar-refractivity contribution in [1.82, 2.24) is 5.32 Å². The lowest BCUT2D eigenvalue weighted by Crippen LogP contribution is -2.27. The summed E-state index contributed by atoms with van der Waals surface area (Å²) in [5, 5.41) is 3.00. The van der Waals surface area contributed by atoms with Gasteiger partial charge in [-0.25, -0.2) is 8.42 Å². The molecule has 32 heavy (non-hydrogen) atoms. The first-order valence-corrected chi connectivity index (χ1v) is 12.1. The Hall–Kier alpha value is -3.12. The summed E-state index contributed by atoms with van der Waals surface area (Å²) in [6, 6.07) is 21.2. The average Bonchev–Trinajstić information content (AvgIpc) is 2.75. The van der Waals surface area contributed by atoms with E-state index < -0.39 is 10.0 Å². The standard InChI is InChI=1S/C26H30N2O3S/c1-18-11-12-21(17-24(18)28-32(30,31)23-9-7-6-8-10-23)25(29)27-19(2)20-13-15-22(16-14-20)26(3,4)5/h6-17,19,28H,1-5H3,(H,27,29)/t19-/m1/s1. The molecule has 5 nitrogen and oxygen atoms in total. The largest absolute Gasteiger partial charge is 0.346 e. The average molecular weight is 451 g/mol. The summed E-state index contributed by atoms with van der Waals surface area (Å²) in [7, 11) is -3.74. The molecule has 0 heterocycles. The van der Waals surface area contributed by atoms with Gasteiger partial charge in [-0.05, 0) is 60.2 Å². The molecule has 0 spiro atoms. The first-order chi connectivity index (χ1) is 15.0. The lowest BCUT2D eigenvalue weighted by Gasteiger charge is -2.21. The van der Waals surface area contributed by atoms with Gasteiger partial charge in [-0.3, -0.25) is 9.52 Å². The number of amides is 1. The summed E-state index contributed by atoms with van der Waals surface area (Å²) in [6.07, 6.45) is 0. The first-order valence-electron chi connectivity index (χ1n) is 10.6. The molecule has 1 amide bonds. The van der Waals surface area contributed by atoms with Crippen LogP contribution in [0.4, 0.5) is 5.69 Å². The van der Waals surface area contributed by atoms with Crippen LogP contribution < -0.4 is 10.0 Å². The van der Waals surface area contributed by atoms with Crippen molar-refractivity contribution in [3.8, 4) is 0 Å². The number of carbonyl (C=O) groups is 1. The van der Waals surface area contributed by atoms with Crippen LogP contribution in [0.15, 0.2) is 77.7 Å². The predicted molar refractivity (Wildman–Crippen MR) is 129 cm³/mol. The van der Waals surface area contributed by atoms with Gasteiger partial charge < -0.3 is 5.32 Å². The van der Waals surface area contributed by atoms with Crippen molar-refractivity contribution in [3.63, 3.8) is 0 Å². The summed E-state index contributed by atoms with van der Waals surface area (Å²) in [5.74, 6) is -0.266. The summed E-state index contributed by atoms with van der Waals surface area (Å²) in [6.45, 7) is 10.2. The number of benzene rings is 3. The molecule has 0 bridgehead atoms. The Morgan fingerprint density at radius 3 is 2.12 bits per heavy atom. The highest BCUT2D eigenvalue weighted by Crippen LogP contribution is 2.25. The van der Waals surface area contributed by atoms with Gasteiger partial charge in [0.05, 0.1) is 16.6 Å². The van der Waals surface area contributed by atoms with Crippen molar-refractivity contribution in [2.45, 2.75) is 51.0 Å². The second-order valence-electron chi connectivity index (χ2n) is 9.02. The van der Waals surface area contributed by atoms with E-state index in [-0.39, 0.29) is 22.3 Å². The Morgan fingerprint density at radius 2 is 1.53 bits per heavy atom. The normalized spacial score (nSPS) is 12.8. The maximum Gasteiger partial charge on any atom is 0.261 e. The number of hydrogen-bond donors (Lipinski definition) is 2. The summed E-state index contributed by atoms with van der Waals surface area (Å²) in [5.41, 5.74) is 3.79. The van der Waals surface area contributed by atoms with Crippen LogP contribution in [-0.2, 0) is 15.4 Å². The highest BCUT2D eigenvalue weighted by atomic mass is 32.2. The van der Waals surface area contributed by atoms with Gasteiger partial charge in [-0.1, -0.05) is 69.3 Å². The Morgan fingerprint density at radius 1 is 0.906 bits per heavy atom. The van der Waals surface area contributed by atoms with E-state index in [9.17, 15) is 13.2 Å². The Bertz CT molecular complexity index is 1200. The van der Waals surface area contributed by atoms with Gasteiger partial charge in [-0.15, -0.1) is 0 Å². The minimum atomic E-state index is -3.74. The smallest absolute Gasteiger partial charge is 0.261 e. The number of aryl methyl sites for hydroxylation is 1. The van der Waals surface area contributed by atoms with Gasteiger partial charge in [0.25, 0.3) is 15.9 Å². The number of anilines is 1. The third kappa shape index (κ3) is 5.56. The molecule has 0 radical (unpaired) electrons.